The minimum atomic E-state index is -0.177. The van der Waals surface area contributed by atoms with Crippen molar-refractivity contribution < 1.29 is 9.90 Å². The lowest BCUT2D eigenvalue weighted by Crippen LogP contribution is -2.53. The van der Waals surface area contributed by atoms with Crippen LogP contribution in [0.2, 0.25) is 0 Å². The second-order valence-corrected chi connectivity index (χ2v) is 10.2. The molecule has 0 spiro atoms. The minimum Gasteiger partial charge on any atom is -0.393 e. The molecule has 5 rings (SSSR count). The molecule has 3 saturated carbocycles. The predicted octanol–water partition coefficient (Wildman–Crippen LogP) is 5.36. The van der Waals surface area contributed by atoms with Gasteiger partial charge in [0, 0.05) is 11.8 Å². The van der Waals surface area contributed by atoms with Gasteiger partial charge in [-0.05, 0) is 98.7 Å². The lowest BCUT2D eigenvalue weighted by atomic mass is 9.48. The third kappa shape index (κ3) is 2.06. The number of hydrogen-bond donors (Lipinski definition) is 1. The molecule has 3 fully saturated rings. The van der Waals surface area contributed by atoms with E-state index in [0.29, 0.717) is 11.2 Å². The van der Waals surface area contributed by atoms with E-state index in [1.807, 2.05) is 6.08 Å². The van der Waals surface area contributed by atoms with E-state index in [2.05, 4.69) is 13.8 Å². The molecule has 2 heteroatoms. The van der Waals surface area contributed by atoms with E-state index in [1.165, 1.54) is 56.9 Å². The van der Waals surface area contributed by atoms with Crippen LogP contribution in [0.5, 0.6) is 0 Å². The molecule has 142 valence electrons. The van der Waals surface area contributed by atoms with Gasteiger partial charge in [-0.25, -0.2) is 0 Å². The van der Waals surface area contributed by atoms with Crippen LogP contribution in [0.25, 0.3) is 0 Å². The van der Waals surface area contributed by atoms with Crippen LogP contribution in [-0.2, 0) is 4.79 Å². The normalized spacial score (nSPS) is 46.0. The molecule has 6 atom stereocenters. The third-order valence-corrected chi connectivity index (χ3v) is 9.59. The number of carbonyl (C=O) groups excluding carboxylic acids is 1. The average molecular weight is 355 g/mol. The molecule has 0 bridgehead atoms. The largest absolute Gasteiger partial charge is 0.393 e. The predicted molar refractivity (Wildman–Crippen MR) is 104 cm³/mol. The van der Waals surface area contributed by atoms with Gasteiger partial charge in [-0.1, -0.05) is 25.3 Å². The van der Waals surface area contributed by atoms with Crippen molar-refractivity contribution in [2.75, 3.05) is 0 Å². The molecule has 0 aliphatic heterocycles. The first-order valence-electron chi connectivity index (χ1n) is 11.1. The van der Waals surface area contributed by atoms with Crippen molar-refractivity contribution in [2.24, 2.45) is 28.6 Å². The van der Waals surface area contributed by atoms with Gasteiger partial charge in [-0.2, -0.15) is 0 Å². The number of ketones is 1. The van der Waals surface area contributed by atoms with Crippen LogP contribution in [0.3, 0.4) is 0 Å². The summed E-state index contributed by atoms with van der Waals surface area (Å²) in [4.78, 5) is 11.9. The molecule has 0 amide bonds. The van der Waals surface area contributed by atoms with Crippen molar-refractivity contribution in [3.05, 3.63) is 22.8 Å². The fourth-order valence-corrected chi connectivity index (χ4v) is 8.55. The number of aliphatic hydroxyl groups excluding tert-OH is 1. The zero-order valence-electron chi connectivity index (χ0n) is 16.5. The van der Waals surface area contributed by atoms with E-state index in [9.17, 15) is 9.90 Å². The Morgan fingerprint density at radius 2 is 1.96 bits per heavy atom. The maximum Gasteiger partial charge on any atom is 0.156 e. The highest BCUT2D eigenvalue weighted by atomic mass is 16.3. The second kappa shape index (κ2) is 5.80. The van der Waals surface area contributed by atoms with E-state index >= 15 is 0 Å². The molecule has 26 heavy (non-hydrogen) atoms. The molecule has 5 aliphatic rings. The van der Waals surface area contributed by atoms with Crippen molar-refractivity contribution in [3.8, 4) is 0 Å². The molecular weight excluding hydrogens is 320 g/mol. The standard InChI is InChI=1S/C24H34O2/c1-15(25)24-11-4-3-5-17(24)14-22-21-8-6-16-13-18(26)7-9-19(16)20(21)10-12-23(22,24)2/h13,15,17,21-22,25H,3-12,14H2,1-2H3/t15-,17-,21-,22+,23+,24+/m1/s1. The zero-order valence-corrected chi connectivity index (χ0v) is 16.5. The summed E-state index contributed by atoms with van der Waals surface area (Å²) in [6, 6.07) is 0. The second-order valence-electron chi connectivity index (χ2n) is 10.2. The van der Waals surface area contributed by atoms with E-state index < -0.39 is 0 Å². The first-order chi connectivity index (χ1) is 12.5. The summed E-state index contributed by atoms with van der Waals surface area (Å²) < 4.78 is 0. The number of rotatable bonds is 1. The first-order valence-corrected chi connectivity index (χ1v) is 11.1. The Bertz CT molecular complexity index is 699. The molecule has 0 saturated heterocycles. The van der Waals surface area contributed by atoms with Gasteiger partial charge in [0.1, 0.15) is 0 Å². The molecule has 0 aromatic heterocycles. The fourth-order valence-electron chi connectivity index (χ4n) is 8.55. The fraction of sp³-hybridized carbons (Fsp3) is 0.792. The Labute approximate surface area is 158 Å². The quantitative estimate of drug-likeness (QED) is 0.688. The smallest absolute Gasteiger partial charge is 0.156 e. The number of fused-ring (bicyclic) bond motifs is 6. The van der Waals surface area contributed by atoms with E-state index in [4.69, 9.17) is 0 Å². The van der Waals surface area contributed by atoms with Crippen LogP contribution < -0.4 is 0 Å². The van der Waals surface area contributed by atoms with Gasteiger partial charge in [0.25, 0.3) is 0 Å². The van der Waals surface area contributed by atoms with E-state index in [0.717, 1.165) is 37.0 Å². The van der Waals surface area contributed by atoms with Crippen molar-refractivity contribution in [3.63, 3.8) is 0 Å². The molecule has 0 heterocycles. The maximum atomic E-state index is 11.9. The summed E-state index contributed by atoms with van der Waals surface area (Å²) in [5.74, 6) is 2.52. The van der Waals surface area contributed by atoms with Gasteiger partial charge < -0.3 is 5.11 Å². The van der Waals surface area contributed by atoms with Gasteiger partial charge in [-0.15, -0.1) is 0 Å². The Hall–Kier alpha value is -0.890. The van der Waals surface area contributed by atoms with Gasteiger partial charge in [-0.3, -0.25) is 4.79 Å². The van der Waals surface area contributed by atoms with Crippen LogP contribution in [0.4, 0.5) is 0 Å². The number of hydrogen-bond acceptors (Lipinski definition) is 2. The van der Waals surface area contributed by atoms with Crippen molar-refractivity contribution >= 4 is 5.78 Å². The summed E-state index contributed by atoms with van der Waals surface area (Å²) in [6.07, 6.45) is 14.8. The van der Waals surface area contributed by atoms with Crippen LogP contribution in [0.1, 0.15) is 84.5 Å². The lowest BCUT2D eigenvalue weighted by Gasteiger charge is -2.57. The molecular formula is C24H34O2. The first kappa shape index (κ1) is 17.2. The number of allylic oxidation sites excluding steroid dienone is 4. The summed E-state index contributed by atoms with van der Waals surface area (Å²) in [5, 5.41) is 11.0. The summed E-state index contributed by atoms with van der Waals surface area (Å²) in [5.41, 5.74) is 5.12. The van der Waals surface area contributed by atoms with Crippen molar-refractivity contribution in [2.45, 2.75) is 90.6 Å². The number of carbonyl (C=O) groups is 1. The molecule has 2 nitrogen and oxygen atoms in total. The molecule has 5 aliphatic carbocycles. The highest BCUT2D eigenvalue weighted by Gasteiger charge is 2.66. The lowest BCUT2D eigenvalue weighted by molar-refractivity contribution is -0.116. The Morgan fingerprint density at radius 3 is 2.77 bits per heavy atom. The minimum absolute atomic E-state index is 0.158. The Balaban J connectivity index is 1.57. The monoisotopic (exact) mass is 354 g/mol. The summed E-state index contributed by atoms with van der Waals surface area (Å²) in [6.45, 7) is 4.64. The van der Waals surface area contributed by atoms with Gasteiger partial charge in [0.15, 0.2) is 5.78 Å². The van der Waals surface area contributed by atoms with Gasteiger partial charge in [0.05, 0.1) is 6.10 Å². The van der Waals surface area contributed by atoms with E-state index in [1.54, 1.807) is 11.1 Å². The van der Waals surface area contributed by atoms with Crippen LogP contribution in [-0.4, -0.2) is 17.0 Å². The van der Waals surface area contributed by atoms with Crippen molar-refractivity contribution in [1.29, 1.82) is 0 Å². The van der Waals surface area contributed by atoms with Crippen LogP contribution in [0.15, 0.2) is 22.8 Å². The third-order valence-electron chi connectivity index (χ3n) is 9.59. The molecule has 0 unspecified atom stereocenters. The molecule has 1 N–H and O–H groups in total. The van der Waals surface area contributed by atoms with Crippen LogP contribution >= 0.6 is 0 Å². The zero-order chi connectivity index (χ0) is 18.1. The molecule has 0 radical (unpaired) electrons. The van der Waals surface area contributed by atoms with Crippen LogP contribution in [0, 0.1) is 28.6 Å². The molecule has 0 aromatic rings. The summed E-state index contributed by atoms with van der Waals surface area (Å²) >= 11 is 0. The maximum absolute atomic E-state index is 11.9. The topological polar surface area (TPSA) is 37.3 Å². The average Bonchev–Trinajstić information content (AvgIpc) is 2.91. The Kier molecular flexibility index (Phi) is 3.84. The highest BCUT2D eigenvalue weighted by Crippen LogP contribution is 2.72. The SMILES string of the molecule is C[C@@H](O)[C@@]12CCCC[C@@H]1C[C@H]1[C@@H]3CCC4=CC(=O)CCC4=C3CC[C@@]12C. The number of aliphatic hydroxyl groups is 1. The van der Waals surface area contributed by atoms with Gasteiger partial charge in [0.2, 0.25) is 0 Å². The van der Waals surface area contributed by atoms with Gasteiger partial charge >= 0.3 is 0 Å². The summed E-state index contributed by atoms with van der Waals surface area (Å²) in [7, 11) is 0. The van der Waals surface area contributed by atoms with Crippen molar-refractivity contribution in [1.82, 2.24) is 0 Å². The van der Waals surface area contributed by atoms with E-state index in [-0.39, 0.29) is 11.5 Å². The molecule has 0 aromatic carbocycles. The Morgan fingerprint density at radius 1 is 1.12 bits per heavy atom. The highest BCUT2D eigenvalue weighted by molar-refractivity contribution is 5.93.